The Morgan fingerprint density at radius 1 is 1.13 bits per heavy atom. The maximum Gasteiger partial charge on any atom is 0.258 e. The second-order valence-electron chi connectivity index (χ2n) is 5.72. The van der Waals surface area contributed by atoms with Gasteiger partial charge in [-0.15, -0.1) is 0 Å². The van der Waals surface area contributed by atoms with Gasteiger partial charge < -0.3 is 14.4 Å². The van der Waals surface area contributed by atoms with Crippen molar-refractivity contribution in [3.8, 4) is 11.5 Å². The molecule has 4 nitrogen and oxygen atoms in total. The van der Waals surface area contributed by atoms with E-state index in [1.54, 1.807) is 6.07 Å². The van der Waals surface area contributed by atoms with Gasteiger partial charge in [0.15, 0.2) is 11.5 Å². The van der Waals surface area contributed by atoms with Crippen LogP contribution in [0.15, 0.2) is 48.5 Å². The predicted octanol–water partition coefficient (Wildman–Crippen LogP) is 3.86. The van der Waals surface area contributed by atoms with Crippen molar-refractivity contribution in [3.63, 3.8) is 0 Å². The molecular formula is C19H21NO3. The minimum atomic E-state index is -0.0226. The summed E-state index contributed by atoms with van der Waals surface area (Å²) in [5.74, 6) is 1.17. The predicted molar refractivity (Wildman–Crippen MR) is 88.6 cm³/mol. The first-order valence-electron chi connectivity index (χ1n) is 7.94. The van der Waals surface area contributed by atoms with E-state index in [4.69, 9.17) is 9.47 Å². The Morgan fingerprint density at radius 2 is 1.91 bits per heavy atom. The number of carbonyl (C=O) groups excluding carboxylic acids is 1. The van der Waals surface area contributed by atoms with Crippen LogP contribution in [0.25, 0.3) is 0 Å². The van der Waals surface area contributed by atoms with Crippen LogP contribution in [0.3, 0.4) is 0 Å². The normalized spacial score (nSPS) is 13.7. The monoisotopic (exact) mass is 311 g/mol. The molecule has 0 radical (unpaired) electrons. The van der Waals surface area contributed by atoms with E-state index in [9.17, 15) is 4.79 Å². The van der Waals surface area contributed by atoms with Gasteiger partial charge in [0.2, 0.25) is 6.79 Å². The molecular weight excluding hydrogens is 290 g/mol. The van der Waals surface area contributed by atoms with Gasteiger partial charge in [-0.1, -0.05) is 43.3 Å². The largest absolute Gasteiger partial charge is 0.454 e. The van der Waals surface area contributed by atoms with Gasteiger partial charge in [-0.3, -0.25) is 4.79 Å². The summed E-state index contributed by atoms with van der Waals surface area (Å²) in [5, 5.41) is 0. The Hall–Kier alpha value is -2.49. The van der Waals surface area contributed by atoms with Gasteiger partial charge in [-0.2, -0.15) is 0 Å². The first-order valence-corrected chi connectivity index (χ1v) is 7.94. The zero-order valence-corrected chi connectivity index (χ0v) is 13.5. The first-order chi connectivity index (χ1) is 11.2. The summed E-state index contributed by atoms with van der Waals surface area (Å²) >= 11 is 0. The van der Waals surface area contributed by atoms with Crippen molar-refractivity contribution in [1.82, 2.24) is 4.90 Å². The molecule has 1 amide bonds. The fourth-order valence-electron chi connectivity index (χ4n) is 2.68. The standard InChI is InChI=1S/C19H21NO3/c1-3-14(2)20(12-15-8-5-4-6-9-15)19(21)16-10-7-11-17-18(16)23-13-22-17/h4-11,14H,3,12-13H2,1-2H3. The molecule has 0 bridgehead atoms. The van der Waals surface area contributed by atoms with Crippen LogP contribution in [0.1, 0.15) is 36.2 Å². The Morgan fingerprint density at radius 3 is 2.65 bits per heavy atom. The smallest absolute Gasteiger partial charge is 0.258 e. The van der Waals surface area contributed by atoms with Crippen LogP contribution in [0.4, 0.5) is 0 Å². The Labute approximate surface area is 136 Å². The van der Waals surface area contributed by atoms with Crippen molar-refractivity contribution in [1.29, 1.82) is 0 Å². The molecule has 0 spiro atoms. The molecule has 4 heteroatoms. The van der Waals surface area contributed by atoms with Gasteiger partial charge in [-0.25, -0.2) is 0 Å². The quantitative estimate of drug-likeness (QED) is 0.841. The van der Waals surface area contributed by atoms with Gasteiger partial charge in [0.05, 0.1) is 5.56 Å². The van der Waals surface area contributed by atoms with Crippen LogP contribution in [-0.4, -0.2) is 23.6 Å². The van der Waals surface area contributed by atoms with Gasteiger partial charge in [0.25, 0.3) is 5.91 Å². The number of hydrogen-bond donors (Lipinski definition) is 0. The molecule has 1 unspecified atom stereocenters. The van der Waals surface area contributed by atoms with E-state index in [1.807, 2.05) is 47.4 Å². The number of hydrogen-bond acceptors (Lipinski definition) is 3. The lowest BCUT2D eigenvalue weighted by Gasteiger charge is -2.29. The number of ether oxygens (including phenoxy) is 2. The number of rotatable bonds is 5. The zero-order chi connectivity index (χ0) is 16.2. The summed E-state index contributed by atoms with van der Waals surface area (Å²) in [6.07, 6.45) is 0.894. The number of carbonyl (C=O) groups is 1. The lowest BCUT2D eigenvalue weighted by Crippen LogP contribution is -2.37. The van der Waals surface area contributed by atoms with Crippen LogP contribution < -0.4 is 9.47 Å². The van der Waals surface area contributed by atoms with Crippen molar-refractivity contribution in [2.45, 2.75) is 32.9 Å². The number of para-hydroxylation sites is 1. The molecule has 1 aliphatic heterocycles. The fourth-order valence-corrected chi connectivity index (χ4v) is 2.68. The van der Waals surface area contributed by atoms with Gasteiger partial charge in [0, 0.05) is 12.6 Å². The molecule has 0 aromatic heterocycles. The molecule has 0 N–H and O–H groups in total. The van der Waals surface area contributed by atoms with Crippen LogP contribution in [0.2, 0.25) is 0 Å². The molecule has 0 aliphatic carbocycles. The van der Waals surface area contributed by atoms with E-state index < -0.39 is 0 Å². The molecule has 1 heterocycles. The first kappa shape index (κ1) is 15.4. The van der Waals surface area contributed by atoms with Crippen LogP contribution >= 0.6 is 0 Å². The molecule has 0 fully saturated rings. The number of amides is 1. The van der Waals surface area contributed by atoms with Crippen LogP contribution in [0, 0.1) is 0 Å². The number of benzene rings is 2. The molecule has 2 aromatic carbocycles. The second kappa shape index (κ2) is 6.73. The lowest BCUT2D eigenvalue weighted by atomic mass is 10.1. The average Bonchev–Trinajstić information content (AvgIpc) is 3.08. The molecule has 0 saturated carbocycles. The van der Waals surface area contributed by atoms with Crippen molar-refractivity contribution < 1.29 is 14.3 Å². The highest BCUT2D eigenvalue weighted by Crippen LogP contribution is 2.36. The minimum absolute atomic E-state index is 0.0226. The molecule has 23 heavy (non-hydrogen) atoms. The van der Waals surface area contributed by atoms with Gasteiger partial charge in [0.1, 0.15) is 0 Å². The summed E-state index contributed by atoms with van der Waals surface area (Å²) in [6.45, 7) is 4.91. The van der Waals surface area contributed by atoms with Crippen molar-refractivity contribution >= 4 is 5.91 Å². The Bertz CT molecular complexity index is 684. The molecule has 1 atom stereocenters. The van der Waals surface area contributed by atoms with Crippen LogP contribution in [0.5, 0.6) is 11.5 Å². The van der Waals surface area contributed by atoms with Gasteiger partial charge >= 0.3 is 0 Å². The molecule has 0 saturated heterocycles. The third kappa shape index (κ3) is 3.16. The molecule has 120 valence electrons. The van der Waals surface area contributed by atoms with Crippen molar-refractivity contribution in [2.75, 3.05) is 6.79 Å². The Balaban J connectivity index is 1.91. The highest BCUT2D eigenvalue weighted by Gasteiger charge is 2.27. The Kier molecular flexibility index (Phi) is 4.51. The van der Waals surface area contributed by atoms with E-state index >= 15 is 0 Å². The van der Waals surface area contributed by atoms with Crippen molar-refractivity contribution in [3.05, 3.63) is 59.7 Å². The summed E-state index contributed by atoms with van der Waals surface area (Å²) in [5.41, 5.74) is 1.68. The molecule has 2 aromatic rings. The third-order valence-electron chi connectivity index (χ3n) is 4.21. The molecule has 3 rings (SSSR count). The lowest BCUT2D eigenvalue weighted by molar-refractivity contribution is 0.0667. The highest BCUT2D eigenvalue weighted by molar-refractivity contribution is 5.98. The highest BCUT2D eigenvalue weighted by atomic mass is 16.7. The topological polar surface area (TPSA) is 38.8 Å². The van der Waals surface area contributed by atoms with Gasteiger partial charge in [-0.05, 0) is 31.0 Å². The summed E-state index contributed by atoms with van der Waals surface area (Å²) < 4.78 is 10.9. The van der Waals surface area contributed by atoms with E-state index in [2.05, 4.69) is 13.8 Å². The van der Waals surface area contributed by atoms with E-state index in [-0.39, 0.29) is 18.7 Å². The second-order valence-corrected chi connectivity index (χ2v) is 5.72. The average molecular weight is 311 g/mol. The number of nitrogens with zero attached hydrogens (tertiary/aromatic N) is 1. The molecule has 1 aliphatic rings. The van der Waals surface area contributed by atoms with Crippen molar-refractivity contribution in [2.24, 2.45) is 0 Å². The van der Waals surface area contributed by atoms with Crippen LogP contribution in [-0.2, 0) is 6.54 Å². The number of fused-ring (bicyclic) bond motifs is 1. The summed E-state index contributed by atoms with van der Waals surface area (Å²) in [6, 6.07) is 15.6. The zero-order valence-electron chi connectivity index (χ0n) is 13.5. The summed E-state index contributed by atoms with van der Waals surface area (Å²) in [4.78, 5) is 15.0. The fraction of sp³-hybridized carbons (Fsp3) is 0.316. The van der Waals surface area contributed by atoms with E-state index in [1.165, 1.54) is 0 Å². The minimum Gasteiger partial charge on any atom is -0.454 e. The summed E-state index contributed by atoms with van der Waals surface area (Å²) in [7, 11) is 0. The maximum atomic E-state index is 13.1. The SMILES string of the molecule is CCC(C)N(Cc1ccccc1)C(=O)c1cccc2c1OCO2. The van der Waals surface area contributed by atoms with E-state index in [0.29, 0.717) is 23.6 Å². The third-order valence-corrected chi connectivity index (χ3v) is 4.21. The maximum absolute atomic E-state index is 13.1. The van der Waals surface area contributed by atoms with E-state index in [0.717, 1.165) is 12.0 Å².